The van der Waals surface area contributed by atoms with Gasteiger partial charge in [0.15, 0.2) is 5.82 Å². The molecule has 2 fully saturated rings. The van der Waals surface area contributed by atoms with E-state index in [-0.39, 0.29) is 24.0 Å². The van der Waals surface area contributed by atoms with Gasteiger partial charge in [-0.1, -0.05) is 0 Å². The minimum atomic E-state index is -0.469. The van der Waals surface area contributed by atoms with E-state index in [1.807, 2.05) is 4.90 Å². The van der Waals surface area contributed by atoms with Gasteiger partial charge in [0.1, 0.15) is 0 Å². The van der Waals surface area contributed by atoms with Crippen molar-refractivity contribution in [2.75, 3.05) is 23.3 Å². The van der Waals surface area contributed by atoms with E-state index < -0.39 is 5.82 Å². The van der Waals surface area contributed by atoms with E-state index in [2.05, 4.69) is 20.3 Å². The van der Waals surface area contributed by atoms with Crippen molar-refractivity contribution in [2.24, 2.45) is 5.92 Å². The molecule has 0 aromatic carbocycles. The monoisotopic (exact) mass is 329 g/mol. The largest absolute Gasteiger partial charge is 0.370 e. The summed E-state index contributed by atoms with van der Waals surface area (Å²) in [4.78, 5) is 26.5. The van der Waals surface area contributed by atoms with Crippen LogP contribution in [0.3, 0.4) is 0 Å². The van der Waals surface area contributed by atoms with Crippen molar-refractivity contribution >= 4 is 17.5 Å². The summed E-state index contributed by atoms with van der Waals surface area (Å²) >= 11 is 0. The molecule has 1 N–H and O–H groups in total. The lowest BCUT2D eigenvalue weighted by molar-refractivity contribution is -0.121. The number of hydrogen-bond donors (Lipinski definition) is 1. The van der Waals surface area contributed by atoms with Crippen molar-refractivity contribution in [1.29, 1.82) is 0 Å². The van der Waals surface area contributed by atoms with E-state index in [0.717, 1.165) is 12.4 Å². The van der Waals surface area contributed by atoms with Gasteiger partial charge in [0.25, 0.3) is 0 Å². The molecule has 8 heteroatoms. The molecule has 2 aromatic rings. The molecule has 2 aliphatic rings. The minimum absolute atomic E-state index is 0.0537. The molecule has 2 aliphatic heterocycles. The fourth-order valence-corrected chi connectivity index (χ4v) is 3.24. The van der Waals surface area contributed by atoms with Crippen molar-refractivity contribution < 1.29 is 13.9 Å². The lowest BCUT2D eigenvalue weighted by Gasteiger charge is -2.32. The Morgan fingerprint density at radius 2 is 2.12 bits per heavy atom. The molecule has 2 bridgehead atoms. The summed E-state index contributed by atoms with van der Waals surface area (Å²) in [5.41, 5.74) is 0.669. The Morgan fingerprint density at radius 3 is 2.88 bits per heavy atom. The summed E-state index contributed by atoms with van der Waals surface area (Å²) in [6.45, 7) is 1.10. The van der Waals surface area contributed by atoms with E-state index in [9.17, 15) is 9.18 Å². The highest BCUT2D eigenvalue weighted by Crippen LogP contribution is 2.33. The molecule has 4 rings (SSSR count). The number of fused-ring (bicyclic) bond motifs is 2. The van der Waals surface area contributed by atoms with Crippen LogP contribution in [0.1, 0.15) is 6.42 Å². The maximum atomic E-state index is 13.0. The average Bonchev–Trinajstić information content (AvgIpc) is 2.90. The van der Waals surface area contributed by atoms with Crippen LogP contribution in [0.5, 0.6) is 0 Å². The van der Waals surface area contributed by atoms with Gasteiger partial charge >= 0.3 is 0 Å². The van der Waals surface area contributed by atoms with Crippen molar-refractivity contribution in [3.8, 4) is 0 Å². The summed E-state index contributed by atoms with van der Waals surface area (Å²) < 4.78 is 18.9. The molecule has 2 saturated heterocycles. The van der Waals surface area contributed by atoms with Gasteiger partial charge < -0.3 is 15.0 Å². The fourth-order valence-electron chi connectivity index (χ4n) is 3.24. The molecule has 2 aromatic heterocycles. The molecular weight excluding hydrogens is 313 g/mol. The molecule has 0 spiro atoms. The fraction of sp³-hybridized carbons (Fsp3) is 0.375. The van der Waals surface area contributed by atoms with E-state index in [1.54, 1.807) is 24.5 Å². The number of halogens is 1. The first kappa shape index (κ1) is 14.9. The third-order valence-corrected chi connectivity index (χ3v) is 4.31. The second kappa shape index (κ2) is 6.12. The zero-order valence-electron chi connectivity index (χ0n) is 12.8. The maximum Gasteiger partial charge on any atom is 0.230 e. The van der Waals surface area contributed by atoms with Gasteiger partial charge in [-0.2, -0.15) is 0 Å². The summed E-state index contributed by atoms with van der Waals surface area (Å²) in [5.74, 6) is -0.315. The first-order valence-corrected chi connectivity index (χ1v) is 7.78. The number of morpholine rings is 1. The van der Waals surface area contributed by atoms with Crippen molar-refractivity contribution in [3.63, 3.8) is 0 Å². The Bertz CT molecular complexity index is 727. The quantitative estimate of drug-likeness (QED) is 0.913. The Kier molecular flexibility index (Phi) is 3.81. The predicted molar refractivity (Wildman–Crippen MR) is 83.8 cm³/mol. The molecule has 0 radical (unpaired) electrons. The molecule has 1 amide bonds. The highest BCUT2D eigenvalue weighted by molar-refractivity contribution is 5.93. The van der Waals surface area contributed by atoms with Gasteiger partial charge in [-0.25, -0.2) is 14.4 Å². The van der Waals surface area contributed by atoms with Crippen molar-refractivity contribution in [2.45, 2.75) is 18.6 Å². The van der Waals surface area contributed by atoms with Crippen molar-refractivity contribution in [1.82, 2.24) is 15.0 Å². The SMILES string of the molecule is O=C(Nc1cccnc1)[C@H]1C[C@@H]2CN(c3ncc(F)cn3)C[C@H]1O2. The van der Waals surface area contributed by atoms with Crippen LogP contribution in [0.15, 0.2) is 36.9 Å². The van der Waals surface area contributed by atoms with Gasteiger partial charge in [-0.15, -0.1) is 0 Å². The van der Waals surface area contributed by atoms with Crippen molar-refractivity contribution in [3.05, 3.63) is 42.7 Å². The number of carbonyl (C=O) groups is 1. The second-order valence-corrected chi connectivity index (χ2v) is 5.98. The molecule has 0 aliphatic carbocycles. The van der Waals surface area contributed by atoms with Gasteiger partial charge in [-0.3, -0.25) is 9.78 Å². The Balaban J connectivity index is 1.45. The molecule has 0 saturated carbocycles. The van der Waals surface area contributed by atoms with Crippen LogP contribution < -0.4 is 10.2 Å². The van der Waals surface area contributed by atoms with Crippen LogP contribution in [-0.4, -0.2) is 46.2 Å². The number of hydrogen-bond acceptors (Lipinski definition) is 6. The average molecular weight is 329 g/mol. The number of anilines is 2. The van der Waals surface area contributed by atoms with Crippen LogP contribution in [0.4, 0.5) is 16.0 Å². The summed E-state index contributed by atoms with van der Waals surface area (Å²) in [6, 6.07) is 3.57. The zero-order chi connectivity index (χ0) is 16.5. The minimum Gasteiger partial charge on any atom is -0.370 e. The van der Waals surface area contributed by atoms with Gasteiger partial charge in [-0.05, 0) is 18.6 Å². The summed E-state index contributed by atoms with van der Waals surface area (Å²) in [7, 11) is 0. The first-order chi connectivity index (χ1) is 11.7. The van der Waals surface area contributed by atoms with Gasteiger partial charge in [0.2, 0.25) is 11.9 Å². The first-order valence-electron chi connectivity index (χ1n) is 7.78. The molecule has 7 nitrogen and oxygen atoms in total. The molecule has 24 heavy (non-hydrogen) atoms. The van der Waals surface area contributed by atoms with Gasteiger partial charge in [0, 0.05) is 19.3 Å². The summed E-state index contributed by atoms with van der Waals surface area (Å²) in [6.07, 6.45) is 5.92. The number of ether oxygens (including phenoxy) is 1. The van der Waals surface area contributed by atoms with Crippen LogP contribution >= 0.6 is 0 Å². The lowest BCUT2D eigenvalue weighted by atomic mass is 9.99. The third-order valence-electron chi connectivity index (χ3n) is 4.31. The number of carbonyl (C=O) groups excluding carboxylic acids is 1. The van der Waals surface area contributed by atoms with Crippen LogP contribution in [0.25, 0.3) is 0 Å². The predicted octanol–water partition coefficient (Wildman–Crippen LogP) is 1.24. The zero-order valence-corrected chi connectivity index (χ0v) is 12.8. The van der Waals surface area contributed by atoms with E-state index >= 15 is 0 Å². The van der Waals surface area contributed by atoms with E-state index in [1.165, 1.54) is 0 Å². The molecule has 4 heterocycles. The standard InChI is InChI=1S/C16H16FN5O2/c17-10-5-19-16(20-6-10)22-8-12-4-13(14(9-22)24-12)15(23)21-11-2-1-3-18-7-11/h1-3,5-7,12-14H,4,8-9H2,(H,21,23)/t12-,13+,14-/m1/s1. The van der Waals surface area contributed by atoms with Crippen LogP contribution in [-0.2, 0) is 9.53 Å². The highest BCUT2D eigenvalue weighted by atomic mass is 19.1. The Labute approximate surface area is 137 Å². The topological polar surface area (TPSA) is 80.2 Å². The third kappa shape index (κ3) is 2.92. The van der Waals surface area contributed by atoms with Gasteiger partial charge in [0.05, 0.1) is 42.4 Å². The van der Waals surface area contributed by atoms with E-state index in [4.69, 9.17) is 4.74 Å². The summed E-state index contributed by atoms with van der Waals surface area (Å²) in [5, 5.41) is 2.88. The van der Waals surface area contributed by atoms with E-state index in [0.29, 0.717) is 31.1 Å². The Hall–Kier alpha value is -2.61. The molecular formula is C16H16FN5O2. The number of amides is 1. The molecule has 3 atom stereocenters. The number of rotatable bonds is 3. The number of aromatic nitrogens is 3. The Morgan fingerprint density at radius 1 is 1.29 bits per heavy atom. The smallest absolute Gasteiger partial charge is 0.230 e. The highest BCUT2D eigenvalue weighted by Gasteiger charge is 2.45. The lowest BCUT2D eigenvalue weighted by Crippen LogP contribution is -2.45. The normalized spacial score (nSPS) is 25.5. The van der Waals surface area contributed by atoms with Crippen LogP contribution in [0, 0.1) is 11.7 Å². The maximum absolute atomic E-state index is 13.0. The number of nitrogens with one attached hydrogen (secondary N) is 1. The number of pyridine rings is 1. The molecule has 124 valence electrons. The van der Waals surface area contributed by atoms with Crippen LogP contribution in [0.2, 0.25) is 0 Å². The second-order valence-electron chi connectivity index (χ2n) is 5.98. The molecule has 0 unspecified atom stereocenters. The number of nitrogens with zero attached hydrogens (tertiary/aromatic N) is 4.